The predicted molar refractivity (Wildman–Crippen MR) is 127 cm³/mol. The van der Waals surface area contributed by atoms with Gasteiger partial charge in [-0.1, -0.05) is 24.3 Å². The minimum absolute atomic E-state index is 0.0187. The number of hydrogen-bond donors (Lipinski definition) is 2. The predicted octanol–water partition coefficient (Wildman–Crippen LogP) is 3.82. The van der Waals surface area contributed by atoms with Crippen LogP contribution in [-0.4, -0.2) is 47.9 Å². The van der Waals surface area contributed by atoms with Crippen LogP contribution in [0.5, 0.6) is 23.0 Å². The first-order valence-corrected chi connectivity index (χ1v) is 10.6. The van der Waals surface area contributed by atoms with E-state index in [2.05, 4.69) is 0 Å². The minimum atomic E-state index is -0.989. The number of esters is 1. The molecule has 0 heterocycles. The van der Waals surface area contributed by atoms with Gasteiger partial charge in [-0.15, -0.1) is 0 Å². The fourth-order valence-corrected chi connectivity index (χ4v) is 2.90. The Morgan fingerprint density at radius 3 is 1.94 bits per heavy atom. The molecule has 0 saturated carbocycles. The van der Waals surface area contributed by atoms with E-state index in [1.54, 1.807) is 24.3 Å². The van der Waals surface area contributed by atoms with Crippen LogP contribution >= 0.6 is 0 Å². The zero-order chi connectivity index (χ0) is 25.8. The van der Waals surface area contributed by atoms with E-state index in [-0.39, 0.29) is 48.7 Å². The summed E-state index contributed by atoms with van der Waals surface area (Å²) in [5, 5.41) is 18.2. The molecule has 184 valence electrons. The monoisotopic (exact) mass is 482 g/mol. The molecule has 2 N–H and O–H groups in total. The van der Waals surface area contributed by atoms with Crippen molar-refractivity contribution in [3.05, 3.63) is 59.7 Å². The lowest BCUT2D eigenvalue weighted by molar-refractivity contribution is -0.138. The molecule has 2 rings (SSSR count). The van der Waals surface area contributed by atoms with E-state index in [0.717, 1.165) is 0 Å². The Morgan fingerprint density at radius 1 is 0.800 bits per heavy atom. The lowest BCUT2D eigenvalue weighted by Crippen LogP contribution is -2.09. The zero-order valence-electron chi connectivity index (χ0n) is 19.4. The first kappa shape index (κ1) is 26.8. The van der Waals surface area contributed by atoms with Crippen molar-refractivity contribution in [1.82, 2.24) is 0 Å². The van der Waals surface area contributed by atoms with Crippen LogP contribution in [0.4, 0.5) is 0 Å². The molecule has 0 fully saturated rings. The van der Waals surface area contributed by atoms with Crippen molar-refractivity contribution in [3.63, 3.8) is 0 Å². The Morgan fingerprint density at radius 2 is 1.37 bits per heavy atom. The number of carbonyl (C=O) groups is 4. The van der Waals surface area contributed by atoms with E-state index in [0.29, 0.717) is 11.1 Å². The molecule has 0 amide bonds. The molecule has 9 nitrogen and oxygen atoms in total. The standard InChI is InChI=1S/C26H26O9/c1-33-23-14-17(8-12-21(23)29)6-10-19(27)16-20(28)11-7-18-9-13-22(24(15-18)34-2)35-26(32)5-3-4-25(30)31/h6-15,29H,3-5,16H2,1-2H3,(H,30,31). The summed E-state index contributed by atoms with van der Waals surface area (Å²) < 4.78 is 15.4. The van der Waals surface area contributed by atoms with Gasteiger partial charge in [0.05, 0.1) is 20.6 Å². The molecule has 0 bridgehead atoms. The van der Waals surface area contributed by atoms with Crippen LogP contribution in [0.15, 0.2) is 48.6 Å². The summed E-state index contributed by atoms with van der Waals surface area (Å²) in [4.78, 5) is 46.7. The van der Waals surface area contributed by atoms with Crippen LogP contribution in [0.1, 0.15) is 36.8 Å². The van der Waals surface area contributed by atoms with Crippen LogP contribution in [0.2, 0.25) is 0 Å². The summed E-state index contributed by atoms with van der Waals surface area (Å²) in [6.07, 6.45) is 5.23. The maximum absolute atomic E-state index is 12.2. The first-order chi connectivity index (χ1) is 16.7. The summed E-state index contributed by atoms with van der Waals surface area (Å²) in [5.41, 5.74) is 1.21. The van der Waals surface area contributed by atoms with Crippen molar-refractivity contribution in [2.24, 2.45) is 0 Å². The highest BCUT2D eigenvalue weighted by molar-refractivity contribution is 6.10. The fraction of sp³-hybridized carbons (Fsp3) is 0.231. The number of carbonyl (C=O) groups excluding carboxylic acids is 3. The van der Waals surface area contributed by atoms with E-state index in [4.69, 9.17) is 19.3 Å². The third-order valence-electron chi connectivity index (χ3n) is 4.66. The molecule has 2 aromatic rings. The van der Waals surface area contributed by atoms with E-state index >= 15 is 0 Å². The van der Waals surface area contributed by atoms with Crippen LogP contribution < -0.4 is 14.2 Å². The Hall–Kier alpha value is -4.40. The molecule has 9 heteroatoms. The second-order valence-corrected chi connectivity index (χ2v) is 7.34. The van der Waals surface area contributed by atoms with Gasteiger partial charge in [0.15, 0.2) is 34.6 Å². The highest BCUT2D eigenvalue weighted by Gasteiger charge is 2.12. The van der Waals surface area contributed by atoms with E-state index in [9.17, 15) is 24.3 Å². The lowest BCUT2D eigenvalue weighted by Gasteiger charge is -2.09. The molecule has 0 radical (unpaired) electrons. The number of aromatic hydroxyl groups is 1. The van der Waals surface area contributed by atoms with Crippen molar-refractivity contribution in [3.8, 4) is 23.0 Å². The molecule has 0 aliphatic rings. The summed E-state index contributed by atoms with van der Waals surface area (Å²) in [6, 6.07) is 9.27. The van der Waals surface area contributed by atoms with Crippen molar-refractivity contribution < 1.29 is 43.6 Å². The molecule has 0 aliphatic carbocycles. The number of aliphatic carboxylic acids is 1. The van der Waals surface area contributed by atoms with Crippen LogP contribution in [0, 0.1) is 0 Å². The maximum Gasteiger partial charge on any atom is 0.311 e. The van der Waals surface area contributed by atoms with Crippen LogP contribution in [0.25, 0.3) is 12.2 Å². The minimum Gasteiger partial charge on any atom is -0.504 e. The smallest absolute Gasteiger partial charge is 0.311 e. The highest BCUT2D eigenvalue weighted by atomic mass is 16.6. The number of ketones is 2. The largest absolute Gasteiger partial charge is 0.504 e. The van der Waals surface area contributed by atoms with Crippen molar-refractivity contribution in [1.29, 1.82) is 0 Å². The summed E-state index contributed by atoms with van der Waals surface area (Å²) in [6.45, 7) is 0. The molecule has 0 aliphatic heterocycles. The molecular weight excluding hydrogens is 456 g/mol. The maximum atomic E-state index is 12.2. The first-order valence-electron chi connectivity index (χ1n) is 10.6. The Balaban J connectivity index is 1.94. The average molecular weight is 482 g/mol. The molecule has 0 saturated heterocycles. The van der Waals surface area contributed by atoms with Crippen LogP contribution in [0.3, 0.4) is 0 Å². The Labute approximate surface area is 202 Å². The lowest BCUT2D eigenvalue weighted by atomic mass is 10.1. The van der Waals surface area contributed by atoms with Gasteiger partial charge in [0.2, 0.25) is 0 Å². The molecule has 0 aromatic heterocycles. The van der Waals surface area contributed by atoms with Gasteiger partial charge in [-0.2, -0.15) is 0 Å². The summed E-state index contributed by atoms with van der Waals surface area (Å²) in [7, 11) is 2.81. The molecule has 0 atom stereocenters. The number of hydrogen-bond acceptors (Lipinski definition) is 8. The number of rotatable bonds is 13. The summed E-state index contributed by atoms with van der Waals surface area (Å²) in [5.74, 6) is -1.69. The molecular formula is C26H26O9. The molecule has 35 heavy (non-hydrogen) atoms. The van der Waals surface area contributed by atoms with Crippen LogP contribution in [-0.2, 0) is 19.2 Å². The normalized spacial score (nSPS) is 10.9. The van der Waals surface area contributed by atoms with E-state index in [1.807, 2.05) is 0 Å². The second kappa shape index (κ2) is 13.3. The number of allylic oxidation sites excluding steroid dienone is 2. The van der Waals surface area contributed by atoms with Gasteiger partial charge >= 0.3 is 11.9 Å². The SMILES string of the molecule is COc1cc(C=CC(=O)CC(=O)C=Cc2ccc(OC(=O)CCCC(=O)O)c(OC)c2)ccc1O. The van der Waals surface area contributed by atoms with Gasteiger partial charge < -0.3 is 24.4 Å². The van der Waals surface area contributed by atoms with Gasteiger partial charge in [0.1, 0.15) is 0 Å². The quantitative estimate of drug-likeness (QED) is 0.189. The number of ether oxygens (including phenoxy) is 3. The molecule has 0 unspecified atom stereocenters. The van der Waals surface area contributed by atoms with E-state index in [1.165, 1.54) is 50.7 Å². The van der Waals surface area contributed by atoms with Gasteiger partial charge in [0.25, 0.3) is 0 Å². The second-order valence-electron chi connectivity index (χ2n) is 7.34. The number of carboxylic acids is 1. The van der Waals surface area contributed by atoms with E-state index < -0.39 is 23.5 Å². The van der Waals surface area contributed by atoms with Gasteiger partial charge in [-0.25, -0.2) is 0 Å². The topological polar surface area (TPSA) is 136 Å². The molecule has 2 aromatic carbocycles. The Kier molecular flexibility index (Phi) is 10.2. The number of methoxy groups -OCH3 is 2. The van der Waals surface area contributed by atoms with Crippen molar-refractivity contribution in [2.75, 3.05) is 14.2 Å². The number of phenols is 1. The van der Waals surface area contributed by atoms with Gasteiger partial charge in [-0.3, -0.25) is 19.2 Å². The number of phenolic OH excluding ortho intramolecular Hbond substituents is 1. The molecule has 0 spiro atoms. The average Bonchev–Trinajstić information content (AvgIpc) is 2.82. The Bertz CT molecular complexity index is 1150. The number of benzene rings is 2. The van der Waals surface area contributed by atoms with Crippen molar-refractivity contribution >= 4 is 35.7 Å². The highest BCUT2D eigenvalue weighted by Crippen LogP contribution is 2.29. The van der Waals surface area contributed by atoms with Gasteiger partial charge in [-0.05, 0) is 54.0 Å². The van der Waals surface area contributed by atoms with Crippen molar-refractivity contribution in [2.45, 2.75) is 25.7 Å². The van der Waals surface area contributed by atoms with Gasteiger partial charge in [0, 0.05) is 12.8 Å². The zero-order valence-corrected chi connectivity index (χ0v) is 19.4. The summed E-state index contributed by atoms with van der Waals surface area (Å²) >= 11 is 0. The number of carboxylic acid groups (broad SMARTS) is 1. The third-order valence-corrected chi connectivity index (χ3v) is 4.66. The third kappa shape index (κ3) is 9.17. The fourth-order valence-electron chi connectivity index (χ4n) is 2.90.